The van der Waals surface area contributed by atoms with E-state index >= 15 is 0 Å². The highest BCUT2D eigenvalue weighted by atomic mass is 35.5. The maximum absolute atomic E-state index is 12.5. The first-order chi connectivity index (χ1) is 13.8. The molecule has 0 saturated heterocycles. The van der Waals surface area contributed by atoms with Gasteiger partial charge in [-0.15, -0.1) is 11.3 Å². The Bertz CT molecular complexity index is 1060. The Morgan fingerprint density at radius 3 is 2.48 bits per heavy atom. The van der Waals surface area contributed by atoms with Crippen LogP contribution in [0, 0.1) is 0 Å². The molecule has 0 aliphatic carbocycles. The van der Waals surface area contributed by atoms with Gasteiger partial charge in [0.1, 0.15) is 0 Å². The molecule has 3 rings (SSSR count). The van der Waals surface area contributed by atoms with Crippen LogP contribution < -0.4 is 10.7 Å². The smallest absolute Gasteiger partial charge is 0.328 e. The minimum atomic E-state index is -0.959. The molecular formula is C19H15Cl2N3O4S. The van der Waals surface area contributed by atoms with Gasteiger partial charge in [0, 0.05) is 17.8 Å². The van der Waals surface area contributed by atoms with Crippen LogP contribution in [0.3, 0.4) is 0 Å². The summed E-state index contributed by atoms with van der Waals surface area (Å²) in [5.74, 6) is -2.78. The summed E-state index contributed by atoms with van der Waals surface area (Å²) in [6.07, 6.45) is 0.0780. The SMILES string of the molecule is O=C(O)CCc1ccc(-c2cccs2)n1NC(=O)C(=O)Nc1ccc(Cl)c(Cl)c1. The summed E-state index contributed by atoms with van der Waals surface area (Å²) in [7, 11) is 0. The maximum atomic E-state index is 12.5. The lowest BCUT2D eigenvalue weighted by molar-refractivity contribution is -0.137. The largest absolute Gasteiger partial charge is 0.481 e. The Balaban J connectivity index is 1.80. The third-order valence-electron chi connectivity index (χ3n) is 3.93. The van der Waals surface area contributed by atoms with E-state index in [2.05, 4.69) is 10.7 Å². The number of carboxylic acids is 1. The fourth-order valence-corrected chi connectivity index (χ4v) is 3.61. The molecule has 0 fully saturated rings. The highest BCUT2D eigenvalue weighted by Crippen LogP contribution is 2.27. The standard InChI is InChI=1S/C19H15Cl2N3O4S/c20-13-6-3-11(10-14(13)21)22-18(27)19(28)23-24-12(5-8-17(25)26)4-7-15(24)16-2-1-9-29-16/h1-4,6-7,9-10H,5,8H2,(H,22,27)(H,23,28)(H,25,26). The van der Waals surface area contributed by atoms with E-state index in [0.717, 1.165) is 4.88 Å². The number of aromatic nitrogens is 1. The van der Waals surface area contributed by atoms with Crippen molar-refractivity contribution in [2.45, 2.75) is 12.8 Å². The van der Waals surface area contributed by atoms with E-state index in [-0.39, 0.29) is 17.9 Å². The highest BCUT2D eigenvalue weighted by molar-refractivity contribution is 7.13. The van der Waals surface area contributed by atoms with Crippen LogP contribution >= 0.6 is 34.5 Å². The molecule has 1 aromatic carbocycles. The van der Waals surface area contributed by atoms with Gasteiger partial charge in [-0.2, -0.15) is 0 Å². The van der Waals surface area contributed by atoms with Crippen molar-refractivity contribution in [1.82, 2.24) is 4.68 Å². The van der Waals surface area contributed by atoms with Crippen LogP contribution in [0.25, 0.3) is 10.6 Å². The number of rotatable bonds is 6. The van der Waals surface area contributed by atoms with Crippen molar-refractivity contribution in [3.05, 3.63) is 63.6 Å². The second-order valence-corrected chi connectivity index (χ2v) is 7.70. The van der Waals surface area contributed by atoms with Crippen LogP contribution in [0.15, 0.2) is 47.8 Å². The number of anilines is 1. The van der Waals surface area contributed by atoms with Gasteiger partial charge >= 0.3 is 17.8 Å². The second kappa shape index (κ2) is 9.13. The van der Waals surface area contributed by atoms with Crippen molar-refractivity contribution in [3.8, 4) is 10.6 Å². The highest BCUT2D eigenvalue weighted by Gasteiger charge is 2.19. The fraction of sp³-hybridized carbons (Fsp3) is 0.105. The minimum Gasteiger partial charge on any atom is -0.481 e. The number of hydrogen-bond acceptors (Lipinski definition) is 4. The van der Waals surface area contributed by atoms with Crippen molar-refractivity contribution in [3.63, 3.8) is 0 Å². The third kappa shape index (κ3) is 5.17. The quantitative estimate of drug-likeness (QED) is 0.487. The molecule has 0 atom stereocenters. The van der Waals surface area contributed by atoms with Crippen molar-refractivity contribution in [2.24, 2.45) is 0 Å². The van der Waals surface area contributed by atoms with Gasteiger partial charge < -0.3 is 10.4 Å². The molecule has 0 unspecified atom stereocenters. The van der Waals surface area contributed by atoms with Crippen LogP contribution in [0.2, 0.25) is 10.0 Å². The number of thiophene rings is 1. The lowest BCUT2D eigenvalue weighted by atomic mass is 10.2. The lowest BCUT2D eigenvalue weighted by Crippen LogP contribution is -2.35. The van der Waals surface area contributed by atoms with Gasteiger partial charge in [-0.3, -0.25) is 24.5 Å². The summed E-state index contributed by atoms with van der Waals surface area (Å²) in [4.78, 5) is 36.6. The van der Waals surface area contributed by atoms with Crippen LogP contribution in [0.4, 0.5) is 5.69 Å². The van der Waals surface area contributed by atoms with Gasteiger partial charge in [0.05, 0.1) is 27.0 Å². The molecule has 3 aromatic rings. The topological polar surface area (TPSA) is 100 Å². The van der Waals surface area contributed by atoms with E-state index in [9.17, 15) is 14.4 Å². The molecule has 0 aliphatic heterocycles. The zero-order valence-corrected chi connectivity index (χ0v) is 17.1. The average Bonchev–Trinajstić information content (AvgIpc) is 3.32. The predicted octanol–water partition coefficient (Wildman–Crippen LogP) is 4.25. The van der Waals surface area contributed by atoms with E-state index in [0.29, 0.717) is 22.1 Å². The van der Waals surface area contributed by atoms with Crippen molar-refractivity contribution < 1.29 is 19.5 Å². The number of nitrogens with one attached hydrogen (secondary N) is 2. The first kappa shape index (κ1) is 20.9. The van der Waals surface area contributed by atoms with Crippen molar-refractivity contribution in [1.29, 1.82) is 0 Å². The number of hydrogen-bond donors (Lipinski definition) is 3. The number of carbonyl (C=O) groups is 3. The van der Waals surface area contributed by atoms with Crippen LogP contribution in [-0.4, -0.2) is 27.6 Å². The fourth-order valence-electron chi connectivity index (χ4n) is 2.57. The summed E-state index contributed by atoms with van der Waals surface area (Å²) in [6, 6.07) is 11.6. The molecule has 2 heterocycles. The number of halogens is 2. The molecule has 7 nitrogen and oxygen atoms in total. The van der Waals surface area contributed by atoms with Gasteiger partial charge in [0.15, 0.2) is 0 Å². The Labute approximate surface area is 179 Å². The lowest BCUT2D eigenvalue weighted by Gasteiger charge is -2.14. The van der Waals surface area contributed by atoms with E-state index in [4.69, 9.17) is 28.3 Å². The molecule has 3 N–H and O–H groups in total. The number of nitrogens with zero attached hydrogens (tertiary/aromatic N) is 1. The van der Waals surface area contributed by atoms with Gasteiger partial charge in [-0.05, 0) is 41.8 Å². The predicted molar refractivity (Wildman–Crippen MR) is 113 cm³/mol. The first-order valence-electron chi connectivity index (χ1n) is 8.39. The normalized spacial score (nSPS) is 10.6. The monoisotopic (exact) mass is 451 g/mol. The van der Waals surface area contributed by atoms with E-state index in [1.54, 1.807) is 12.1 Å². The molecule has 10 heteroatoms. The molecule has 29 heavy (non-hydrogen) atoms. The first-order valence-corrected chi connectivity index (χ1v) is 10.0. The summed E-state index contributed by atoms with van der Waals surface area (Å²) < 4.78 is 1.44. The second-order valence-electron chi connectivity index (χ2n) is 5.94. The Morgan fingerprint density at radius 2 is 1.83 bits per heavy atom. The third-order valence-corrected chi connectivity index (χ3v) is 5.56. The number of carboxylic acid groups (broad SMARTS) is 1. The van der Waals surface area contributed by atoms with Crippen molar-refractivity contribution >= 4 is 58.0 Å². The molecule has 0 spiro atoms. The van der Waals surface area contributed by atoms with E-state index in [1.165, 1.54) is 34.2 Å². The molecule has 0 saturated carbocycles. The Morgan fingerprint density at radius 1 is 1.03 bits per heavy atom. The minimum absolute atomic E-state index is 0.112. The zero-order chi connectivity index (χ0) is 21.0. The van der Waals surface area contributed by atoms with Gasteiger partial charge in [0.2, 0.25) is 0 Å². The number of benzene rings is 1. The number of aliphatic carboxylic acids is 1. The van der Waals surface area contributed by atoms with Crippen LogP contribution in [0.1, 0.15) is 12.1 Å². The summed E-state index contributed by atoms with van der Waals surface area (Å²) in [5.41, 5.74) is 4.06. The van der Waals surface area contributed by atoms with E-state index < -0.39 is 17.8 Å². The molecule has 2 aromatic heterocycles. The van der Waals surface area contributed by atoms with Crippen LogP contribution in [0.5, 0.6) is 0 Å². The van der Waals surface area contributed by atoms with Crippen LogP contribution in [-0.2, 0) is 20.8 Å². The Kier molecular flexibility index (Phi) is 6.58. The summed E-state index contributed by atoms with van der Waals surface area (Å²) in [5, 5.41) is 13.8. The Hall–Kier alpha value is -2.81. The van der Waals surface area contributed by atoms with Gasteiger partial charge in [-0.25, -0.2) is 0 Å². The maximum Gasteiger partial charge on any atom is 0.328 e. The summed E-state index contributed by atoms with van der Waals surface area (Å²) >= 11 is 13.2. The molecule has 0 aliphatic rings. The summed E-state index contributed by atoms with van der Waals surface area (Å²) in [6.45, 7) is 0. The number of carbonyl (C=O) groups excluding carboxylic acids is 2. The van der Waals surface area contributed by atoms with Gasteiger partial charge in [-0.1, -0.05) is 29.3 Å². The molecule has 0 bridgehead atoms. The van der Waals surface area contributed by atoms with E-state index in [1.807, 2.05) is 17.5 Å². The average molecular weight is 452 g/mol. The number of amides is 2. The zero-order valence-electron chi connectivity index (χ0n) is 14.8. The molecular weight excluding hydrogens is 437 g/mol. The molecule has 150 valence electrons. The molecule has 2 amide bonds. The number of aryl methyl sites for hydroxylation is 1. The van der Waals surface area contributed by atoms with Gasteiger partial charge in [0.25, 0.3) is 0 Å². The van der Waals surface area contributed by atoms with Crippen molar-refractivity contribution in [2.75, 3.05) is 10.7 Å². The molecule has 0 radical (unpaired) electrons.